The number of ether oxygens (including phenoxy) is 5. The molecule has 0 spiro atoms. The predicted octanol–water partition coefficient (Wildman–Crippen LogP) is 8.30. The van der Waals surface area contributed by atoms with Crippen molar-refractivity contribution in [1.82, 2.24) is 0 Å². The molecular weight excluding hydrogens is 684 g/mol. The first kappa shape index (κ1) is 36.6. The summed E-state index contributed by atoms with van der Waals surface area (Å²) in [6, 6.07) is 30.3. The maximum Gasteiger partial charge on any atom is 0.157 e. The van der Waals surface area contributed by atoms with Gasteiger partial charge in [0.05, 0.1) is 54.2 Å². The molecule has 1 aliphatic rings. The lowest BCUT2D eigenvalue weighted by atomic mass is 9.93. The number of hydrogen-bond donors (Lipinski definition) is 1. The van der Waals surface area contributed by atoms with E-state index in [0.29, 0.717) is 67.2 Å². The average Bonchev–Trinajstić information content (AvgIpc) is 3.11. The fourth-order valence-electron chi connectivity index (χ4n) is 5.47. The van der Waals surface area contributed by atoms with Gasteiger partial charge in [-0.05, 0) is 75.3 Å². The summed E-state index contributed by atoms with van der Waals surface area (Å²) in [5.74, 6) is 1.24. The van der Waals surface area contributed by atoms with Crippen molar-refractivity contribution < 1.29 is 33.6 Å². The molecule has 0 aromatic heterocycles. The van der Waals surface area contributed by atoms with Gasteiger partial charge in [-0.1, -0.05) is 84.4 Å². The van der Waals surface area contributed by atoms with Gasteiger partial charge in [0.1, 0.15) is 12.4 Å². The third kappa shape index (κ3) is 10.9. The fraction of sp³-hybridized carbons (Fsp3) is 0.342. The van der Waals surface area contributed by atoms with Crippen LogP contribution < -0.4 is 9.47 Å². The van der Waals surface area contributed by atoms with E-state index in [1.807, 2.05) is 79.7 Å². The Labute approximate surface area is 290 Å². The number of aliphatic hydroxyl groups is 1. The zero-order valence-electron chi connectivity index (χ0n) is 26.8. The molecule has 4 aromatic carbocycles. The van der Waals surface area contributed by atoms with Gasteiger partial charge >= 0.3 is 0 Å². The van der Waals surface area contributed by atoms with E-state index in [2.05, 4.69) is 34.1 Å². The van der Waals surface area contributed by atoms with E-state index in [4.69, 9.17) is 40.4 Å². The highest BCUT2D eigenvalue weighted by atomic mass is 79.9. The van der Waals surface area contributed by atoms with Crippen molar-refractivity contribution in [2.24, 2.45) is 0 Å². The number of benzene rings is 4. The summed E-state index contributed by atoms with van der Waals surface area (Å²) < 4.78 is 31.4. The molecular formula is C38H42BrClO7. The van der Waals surface area contributed by atoms with E-state index in [1.54, 1.807) is 0 Å². The summed E-state index contributed by atoms with van der Waals surface area (Å²) in [5, 5.41) is 7.46. The summed E-state index contributed by atoms with van der Waals surface area (Å²) in [6.07, 6.45) is 2.04. The summed E-state index contributed by atoms with van der Waals surface area (Å²) in [6.45, 7) is 3.89. The van der Waals surface area contributed by atoms with Gasteiger partial charge in [-0.2, -0.15) is 0 Å². The molecule has 47 heavy (non-hydrogen) atoms. The number of aldehydes is 1. The van der Waals surface area contributed by atoms with Crippen LogP contribution in [0, 0.1) is 0 Å². The van der Waals surface area contributed by atoms with Gasteiger partial charge in [-0.3, -0.25) is 4.79 Å². The van der Waals surface area contributed by atoms with E-state index in [0.717, 1.165) is 40.7 Å². The van der Waals surface area contributed by atoms with E-state index in [9.17, 15) is 4.79 Å². The van der Waals surface area contributed by atoms with Crippen molar-refractivity contribution in [2.45, 2.75) is 57.7 Å². The van der Waals surface area contributed by atoms with Gasteiger partial charge in [0.25, 0.3) is 0 Å². The van der Waals surface area contributed by atoms with Crippen LogP contribution in [0.1, 0.15) is 53.7 Å². The Morgan fingerprint density at radius 3 is 2.19 bits per heavy atom. The molecule has 1 aliphatic heterocycles. The number of carbonyl (C=O) groups excluding carboxylic acids is 1. The van der Waals surface area contributed by atoms with Crippen LogP contribution >= 0.6 is 27.5 Å². The minimum absolute atomic E-state index is 0.0641. The second-order valence-electron chi connectivity index (χ2n) is 11.0. The third-order valence-electron chi connectivity index (χ3n) is 7.64. The van der Waals surface area contributed by atoms with Crippen LogP contribution in [0.25, 0.3) is 0 Å². The lowest BCUT2D eigenvalue weighted by molar-refractivity contribution is -0.142. The van der Waals surface area contributed by atoms with Crippen LogP contribution in [0.3, 0.4) is 0 Å². The molecule has 250 valence electrons. The second-order valence-corrected chi connectivity index (χ2v) is 12.1. The molecule has 0 aliphatic carbocycles. The first-order valence-electron chi connectivity index (χ1n) is 15.7. The predicted molar refractivity (Wildman–Crippen MR) is 187 cm³/mol. The Morgan fingerprint density at radius 2 is 1.55 bits per heavy atom. The van der Waals surface area contributed by atoms with Crippen LogP contribution in [-0.2, 0) is 38.6 Å². The molecule has 0 bridgehead atoms. The molecule has 5 rings (SSSR count). The summed E-state index contributed by atoms with van der Waals surface area (Å²) in [7, 11) is 1.00. The molecule has 1 heterocycles. The van der Waals surface area contributed by atoms with E-state index >= 15 is 0 Å². The monoisotopic (exact) mass is 724 g/mol. The van der Waals surface area contributed by atoms with E-state index in [-0.39, 0.29) is 24.9 Å². The first-order chi connectivity index (χ1) is 23.0. The van der Waals surface area contributed by atoms with Crippen LogP contribution in [-0.4, -0.2) is 50.5 Å². The van der Waals surface area contributed by atoms with Crippen LogP contribution in [0.15, 0.2) is 95.5 Å². The van der Waals surface area contributed by atoms with Gasteiger partial charge in [-0.15, -0.1) is 0 Å². The van der Waals surface area contributed by atoms with Gasteiger partial charge in [0, 0.05) is 20.0 Å². The zero-order chi connectivity index (χ0) is 33.4. The minimum atomic E-state index is -0.325. The van der Waals surface area contributed by atoms with Crippen molar-refractivity contribution in [3.8, 4) is 11.5 Å². The average molecular weight is 726 g/mol. The smallest absolute Gasteiger partial charge is 0.157 e. The maximum absolute atomic E-state index is 11.3. The summed E-state index contributed by atoms with van der Waals surface area (Å²) >= 11 is 10.7. The number of carbonyl (C=O) groups is 1. The zero-order valence-corrected chi connectivity index (χ0v) is 29.1. The Hall–Kier alpha value is -3.24. The van der Waals surface area contributed by atoms with Gasteiger partial charge in [-0.25, -0.2) is 0 Å². The summed E-state index contributed by atoms with van der Waals surface area (Å²) in [5.41, 5.74) is 5.05. The quantitative estimate of drug-likeness (QED) is 0.124. The van der Waals surface area contributed by atoms with Crippen molar-refractivity contribution in [2.75, 3.05) is 26.9 Å². The molecule has 0 saturated carbocycles. The molecule has 3 atom stereocenters. The molecule has 4 aromatic rings. The molecule has 1 N–H and O–H groups in total. The van der Waals surface area contributed by atoms with Crippen LogP contribution in [0.5, 0.6) is 11.5 Å². The fourth-order valence-corrected chi connectivity index (χ4v) is 6.54. The maximum atomic E-state index is 11.3. The highest BCUT2D eigenvalue weighted by Gasteiger charge is 2.34. The number of hydrogen-bond acceptors (Lipinski definition) is 7. The molecule has 0 radical (unpaired) electrons. The van der Waals surface area contributed by atoms with Gasteiger partial charge < -0.3 is 28.8 Å². The largest absolute Gasteiger partial charge is 0.494 e. The first-order valence-corrected chi connectivity index (χ1v) is 16.9. The van der Waals surface area contributed by atoms with Crippen LogP contribution in [0.4, 0.5) is 0 Å². The highest BCUT2D eigenvalue weighted by molar-refractivity contribution is 9.10. The Morgan fingerprint density at radius 1 is 0.894 bits per heavy atom. The Bertz CT molecular complexity index is 1500. The van der Waals surface area contributed by atoms with Crippen LogP contribution in [0.2, 0.25) is 5.02 Å². The Balaban J connectivity index is 0.00000245. The molecule has 7 nitrogen and oxygen atoms in total. The number of halogens is 2. The molecule has 1 saturated heterocycles. The second kappa shape index (κ2) is 19.5. The third-order valence-corrected chi connectivity index (χ3v) is 8.87. The van der Waals surface area contributed by atoms with E-state index in [1.165, 1.54) is 0 Å². The van der Waals surface area contributed by atoms with E-state index < -0.39 is 0 Å². The lowest BCUT2D eigenvalue weighted by Crippen LogP contribution is -2.36. The normalized spacial score (nSPS) is 17.3. The molecule has 0 amide bonds. The van der Waals surface area contributed by atoms with Gasteiger partial charge in [0.15, 0.2) is 12.0 Å². The SMILES string of the molecule is CCOc1ccc(Cc2cc(C3CC(OCc4ccccc4)CC(COCc4ccccc4)O3)c(Br)c(OCC=O)c2Cl)cc1.CO. The highest BCUT2D eigenvalue weighted by Crippen LogP contribution is 2.45. The van der Waals surface area contributed by atoms with Crippen molar-refractivity contribution in [1.29, 1.82) is 0 Å². The number of rotatable bonds is 15. The minimum Gasteiger partial charge on any atom is -0.494 e. The summed E-state index contributed by atoms with van der Waals surface area (Å²) in [4.78, 5) is 11.3. The van der Waals surface area contributed by atoms with Crippen molar-refractivity contribution >= 4 is 33.8 Å². The topological polar surface area (TPSA) is 83.5 Å². The lowest BCUT2D eigenvalue weighted by Gasteiger charge is -2.36. The van der Waals surface area contributed by atoms with Crippen molar-refractivity contribution in [3.63, 3.8) is 0 Å². The number of aliphatic hydroxyl groups excluding tert-OH is 1. The molecule has 9 heteroatoms. The van der Waals surface area contributed by atoms with Gasteiger partial charge in [0.2, 0.25) is 0 Å². The molecule has 3 unspecified atom stereocenters. The standard InChI is InChI=1S/C37H38BrClO6.CH4O/c1-2-42-30-15-13-26(14-16-30)19-29-20-33(35(38)37(36(29)39)43-18-17-40)34-22-31(44-24-28-11-7-4-8-12-28)21-32(45-34)25-41-23-27-9-5-3-6-10-27;1-2/h3-17,20,31-32,34H,2,18-19,21-25H2,1H3;2H,1H3. The molecule has 1 fully saturated rings. The van der Waals surface area contributed by atoms with Crippen molar-refractivity contribution in [3.05, 3.63) is 128 Å². The Kier molecular flexibility index (Phi) is 15.2.